The molecule has 0 atom stereocenters. The molecule has 3 heterocycles. The van der Waals surface area contributed by atoms with Crippen molar-refractivity contribution in [3.63, 3.8) is 0 Å². The summed E-state index contributed by atoms with van der Waals surface area (Å²) in [6.07, 6.45) is 8.23. The molecule has 2 N–H and O–H groups in total. The number of nitrogens with one attached hydrogen (secondary N) is 2. The lowest BCUT2D eigenvalue weighted by Crippen LogP contribution is -2.17. The molecule has 7 nitrogen and oxygen atoms in total. The van der Waals surface area contributed by atoms with Crippen LogP contribution in [0.15, 0.2) is 18.3 Å². The number of aryl methyl sites for hydroxylation is 3. The average Bonchev–Trinajstić information content (AvgIpc) is 3.20. The number of aromatic nitrogens is 4. The van der Waals surface area contributed by atoms with Gasteiger partial charge in [0.25, 0.3) is 5.91 Å². The van der Waals surface area contributed by atoms with Gasteiger partial charge in [-0.05, 0) is 51.7 Å². The molecule has 0 aromatic carbocycles. The van der Waals surface area contributed by atoms with E-state index in [1.807, 2.05) is 43.5 Å². The second-order valence-corrected chi connectivity index (χ2v) is 7.69. The molecule has 148 valence electrons. The van der Waals surface area contributed by atoms with Crippen molar-refractivity contribution < 1.29 is 9.53 Å². The van der Waals surface area contributed by atoms with Gasteiger partial charge in [-0.15, -0.1) is 0 Å². The number of carbonyl (C=O) groups excluding carboxylic acids is 1. The lowest BCUT2D eigenvalue weighted by molar-refractivity contribution is 0.102. The number of H-pyrrole nitrogens is 1. The van der Waals surface area contributed by atoms with E-state index in [0.29, 0.717) is 35.2 Å². The summed E-state index contributed by atoms with van der Waals surface area (Å²) in [5.74, 6) is 1.13. The fourth-order valence-corrected chi connectivity index (χ4v) is 4.01. The molecule has 1 fully saturated rings. The molecule has 0 bridgehead atoms. The van der Waals surface area contributed by atoms with Gasteiger partial charge in [0.2, 0.25) is 0 Å². The van der Waals surface area contributed by atoms with E-state index in [4.69, 9.17) is 4.74 Å². The van der Waals surface area contributed by atoms with Gasteiger partial charge < -0.3 is 10.1 Å². The van der Waals surface area contributed by atoms with Crippen LogP contribution in [0.1, 0.15) is 59.7 Å². The Bertz CT molecular complexity index is 978. The minimum atomic E-state index is -0.206. The number of hydrogen-bond acceptors (Lipinski definition) is 4. The third kappa shape index (κ3) is 3.48. The Labute approximate surface area is 164 Å². The van der Waals surface area contributed by atoms with Crippen molar-refractivity contribution in [1.29, 1.82) is 0 Å². The number of ether oxygens (including phenoxy) is 1. The summed E-state index contributed by atoms with van der Waals surface area (Å²) in [7, 11) is 0. The fourth-order valence-electron chi connectivity index (χ4n) is 4.01. The zero-order chi connectivity index (χ0) is 19.7. The van der Waals surface area contributed by atoms with Gasteiger partial charge in [0, 0.05) is 6.20 Å². The lowest BCUT2D eigenvalue weighted by Gasteiger charge is -2.21. The first-order valence-corrected chi connectivity index (χ1v) is 9.98. The van der Waals surface area contributed by atoms with Gasteiger partial charge >= 0.3 is 0 Å². The Morgan fingerprint density at radius 2 is 2.04 bits per heavy atom. The van der Waals surface area contributed by atoms with Gasteiger partial charge in [0.15, 0.2) is 11.4 Å². The van der Waals surface area contributed by atoms with Crippen molar-refractivity contribution in [3.8, 4) is 5.75 Å². The fraction of sp³-hybridized carbons (Fsp3) is 0.476. The number of imidazole rings is 1. The van der Waals surface area contributed by atoms with E-state index in [9.17, 15) is 4.79 Å². The number of rotatable bonds is 5. The molecule has 0 spiro atoms. The van der Waals surface area contributed by atoms with Crippen molar-refractivity contribution in [1.82, 2.24) is 19.6 Å². The molecule has 1 aliphatic rings. The minimum absolute atomic E-state index is 0.206. The van der Waals surface area contributed by atoms with E-state index in [-0.39, 0.29) is 5.91 Å². The van der Waals surface area contributed by atoms with Crippen LogP contribution in [-0.2, 0) is 0 Å². The van der Waals surface area contributed by atoms with Crippen molar-refractivity contribution in [2.75, 3.05) is 11.9 Å². The summed E-state index contributed by atoms with van der Waals surface area (Å²) in [6, 6.07) is 3.83. The SMILES string of the molecule is Cc1n[nH]c(C)c1NC(=O)c1c(C)nc2c(OCC3CCCCC3)cccn12. The van der Waals surface area contributed by atoms with Crippen LogP contribution in [-0.4, -0.2) is 32.1 Å². The first-order chi connectivity index (χ1) is 13.5. The van der Waals surface area contributed by atoms with Gasteiger partial charge in [-0.3, -0.25) is 14.3 Å². The second kappa shape index (κ2) is 7.66. The summed E-state index contributed by atoms with van der Waals surface area (Å²) in [5, 5.41) is 9.99. The molecule has 3 aromatic heterocycles. The summed E-state index contributed by atoms with van der Waals surface area (Å²) in [4.78, 5) is 17.6. The molecule has 3 aromatic rings. The summed E-state index contributed by atoms with van der Waals surface area (Å²) >= 11 is 0. The molecule has 0 unspecified atom stereocenters. The zero-order valence-corrected chi connectivity index (χ0v) is 16.7. The third-order valence-corrected chi connectivity index (χ3v) is 5.57. The molecule has 0 saturated heterocycles. The maximum Gasteiger partial charge on any atom is 0.274 e. The molecular weight excluding hydrogens is 354 g/mol. The first-order valence-electron chi connectivity index (χ1n) is 9.98. The van der Waals surface area contributed by atoms with Gasteiger partial charge in [-0.2, -0.15) is 5.10 Å². The highest BCUT2D eigenvalue weighted by atomic mass is 16.5. The van der Waals surface area contributed by atoms with Crippen molar-refractivity contribution in [2.45, 2.75) is 52.9 Å². The van der Waals surface area contributed by atoms with E-state index in [0.717, 1.165) is 17.1 Å². The number of pyridine rings is 1. The molecule has 1 aliphatic carbocycles. The number of anilines is 1. The molecule has 4 rings (SSSR count). The normalized spacial score (nSPS) is 15.1. The quantitative estimate of drug-likeness (QED) is 0.694. The van der Waals surface area contributed by atoms with Gasteiger partial charge in [-0.25, -0.2) is 4.98 Å². The van der Waals surface area contributed by atoms with E-state index in [1.165, 1.54) is 32.1 Å². The number of hydrogen-bond donors (Lipinski definition) is 2. The second-order valence-electron chi connectivity index (χ2n) is 7.69. The predicted molar refractivity (Wildman–Crippen MR) is 108 cm³/mol. The van der Waals surface area contributed by atoms with E-state index in [2.05, 4.69) is 20.5 Å². The van der Waals surface area contributed by atoms with Gasteiger partial charge in [-0.1, -0.05) is 19.3 Å². The minimum Gasteiger partial charge on any atom is -0.489 e. The Kier molecular flexibility index (Phi) is 5.07. The molecule has 0 aliphatic heterocycles. The monoisotopic (exact) mass is 381 g/mol. The van der Waals surface area contributed by atoms with Gasteiger partial charge in [0.05, 0.1) is 29.4 Å². The number of carbonyl (C=O) groups is 1. The Hall–Kier alpha value is -2.83. The predicted octanol–water partition coefficient (Wildman–Crippen LogP) is 4.19. The number of amides is 1. The topological polar surface area (TPSA) is 84.3 Å². The van der Waals surface area contributed by atoms with Crippen molar-refractivity contribution >= 4 is 17.2 Å². The Morgan fingerprint density at radius 1 is 1.25 bits per heavy atom. The van der Waals surface area contributed by atoms with Crippen LogP contribution >= 0.6 is 0 Å². The van der Waals surface area contributed by atoms with Gasteiger partial charge in [0.1, 0.15) is 5.69 Å². The maximum atomic E-state index is 13.0. The number of fused-ring (bicyclic) bond motifs is 1. The molecule has 1 saturated carbocycles. The first kappa shape index (κ1) is 18.5. The van der Waals surface area contributed by atoms with E-state index < -0.39 is 0 Å². The molecule has 0 radical (unpaired) electrons. The zero-order valence-electron chi connectivity index (χ0n) is 16.7. The van der Waals surface area contributed by atoms with Crippen molar-refractivity contribution in [3.05, 3.63) is 41.1 Å². The van der Waals surface area contributed by atoms with E-state index >= 15 is 0 Å². The summed E-state index contributed by atoms with van der Waals surface area (Å²) < 4.78 is 7.93. The molecular formula is C21H27N5O2. The van der Waals surface area contributed by atoms with Crippen LogP contribution in [0, 0.1) is 26.7 Å². The molecule has 28 heavy (non-hydrogen) atoms. The maximum absolute atomic E-state index is 13.0. The Balaban J connectivity index is 1.59. The van der Waals surface area contributed by atoms with Crippen LogP contribution in [0.4, 0.5) is 5.69 Å². The summed E-state index contributed by atoms with van der Waals surface area (Å²) in [5.41, 5.74) is 4.16. The largest absolute Gasteiger partial charge is 0.489 e. The van der Waals surface area contributed by atoms with Crippen molar-refractivity contribution in [2.24, 2.45) is 5.92 Å². The van der Waals surface area contributed by atoms with Crippen LogP contribution in [0.5, 0.6) is 5.75 Å². The van der Waals surface area contributed by atoms with E-state index in [1.54, 1.807) is 0 Å². The van der Waals surface area contributed by atoms with Crippen LogP contribution in [0.3, 0.4) is 0 Å². The highest BCUT2D eigenvalue weighted by Crippen LogP contribution is 2.27. The Morgan fingerprint density at radius 3 is 2.75 bits per heavy atom. The smallest absolute Gasteiger partial charge is 0.274 e. The average molecular weight is 381 g/mol. The lowest BCUT2D eigenvalue weighted by atomic mass is 9.90. The number of aromatic amines is 1. The molecule has 7 heteroatoms. The molecule has 1 amide bonds. The number of nitrogens with zero attached hydrogens (tertiary/aromatic N) is 3. The van der Waals surface area contributed by atoms with Crippen LogP contribution in [0.25, 0.3) is 5.65 Å². The standard InChI is InChI=1S/C21H27N5O2/c1-13-18(14(2)25-24-13)23-21(27)19-15(3)22-20-17(10-7-11-26(19)20)28-12-16-8-5-4-6-9-16/h7,10-11,16H,4-6,8-9,12H2,1-3H3,(H,23,27)(H,24,25). The highest BCUT2D eigenvalue weighted by Gasteiger charge is 2.21. The van der Waals surface area contributed by atoms with Crippen LogP contribution < -0.4 is 10.1 Å². The highest BCUT2D eigenvalue weighted by molar-refractivity contribution is 6.05. The third-order valence-electron chi connectivity index (χ3n) is 5.57. The summed E-state index contributed by atoms with van der Waals surface area (Å²) in [6.45, 7) is 6.30. The van der Waals surface area contributed by atoms with Crippen LogP contribution in [0.2, 0.25) is 0 Å².